The maximum atomic E-state index is 13.4. The molecule has 11 nitrogen and oxygen atoms in total. The molecule has 0 aliphatic carbocycles. The second-order valence-corrected chi connectivity index (χ2v) is 12.8. The molecule has 2 heterocycles. The molecule has 0 spiro atoms. The number of epoxide rings is 1. The van der Waals surface area contributed by atoms with Crippen molar-refractivity contribution >= 4 is 29.4 Å². The van der Waals surface area contributed by atoms with Crippen LogP contribution in [-0.4, -0.2) is 78.8 Å². The topological polar surface area (TPSA) is 159 Å². The molecule has 2 aliphatic rings. The fourth-order valence-corrected chi connectivity index (χ4v) is 5.67. The molecule has 2 amide bonds. The molecule has 1 unspecified atom stereocenters. The Bertz CT molecular complexity index is 1390. The summed E-state index contributed by atoms with van der Waals surface area (Å²) >= 11 is 6.32. The number of cyclic esters (lactones) is 1. The van der Waals surface area contributed by atoms with Gasteiger partial charge in [-0.05, 0) is 49.6 Å². The Balaban J connectivity index is 1.59. The fraction of sp³-hybridized carbons (Fsp3) is 0.500. The molecule has 0 aromatic heterocycles. The summed E-state index contributed by atoms with van der Waals surface area (Å²) in [5, 5.41) is 29.4. The molecule has 2 aliphatic heterocycles. The lowest BCUT2D eigenvalue weighted by atomic mass is 9.91. The van der Waals surface area contributed by atoms with Crippen molar-refractivity contribution in [2.24, 2.45) is 11.3 Å². The van der Waals surface area contributed by atoms with E-state index < -0.39 is 47.6 Å². The number of esters is 1. The monoisotopic (exact) mass is 657 g/mol. The van der Waals surface area contributed by atoms with E-state index in [0.717, 1.165) is 11.1 Å². The molecule has 2 aromatic rings. The average molecular weight is 658 g/mol. The quantitative estimate of drug-likeness (QED) is 0.164. The van der Waals surface area contributed by atoms with Gasteiger partial charge in [0.1, 0.15) is 30.2 Å². The van der Waals surface area contributed by atoms with Crippen molar-refractivity contribution in [2.75, 3.05) is 20.3 Å². The largest absolute Gasteiger partial charge is 0.495 e. The minimum absolute atomic E-state index is 0.0499. The van der Waals surface area contributed by atoms with E-state index in [-0.39, 0.29) is 50.5 Å². The molecule has 1 fully saturated rings. The van der Waals surface area contributed by atoms with Crippen LogP contribution in [0.5, 0.6) is 5.75 Å². The van der Waals surface area contributed by atoms with Gasteiger partial charge in [-0.3, -0.25) is 14.9 Å². The molecule has 46 heavy (non-hydrogen) atoms. The third-order valence-corrected chi connectivity index (χ3v) is 8.68. The van der Waals surface area contributed by atoms with Crippen LogP contribution in [0.2, 0.25) is 5.02 Å². The summed E-state index contributed by atoms with van der Waals surface area (Å²) in [6.45, 7) is 4.78. The van der Waals surface area contributed by atoms with Gasteiger partial charge in [-0.2, -0.15) is 0 Å². The summed E-state index contributed by atoms with van der Waals surface area (Å²) in [5.74, 6) is -1.38. The Morgan fingerprint density at radius 3 is 2.52 bits per heavy atom. The highest BCUT2D eigenvalue weighted by atomic mass is 35.5. The highest BCUT2D eigenvalue weighted by Gasteiger charge is 2.47. The van der Waals surface area contributed by atoms with Gasteiger partial charge in [-0.25, -0.2) is 4.79 Å². The van der Waals surface area contributed by atoms with E-state index in [9.17, 15) is 24.6 Å². The number of aliphatic hydroxyl groups is 2. The lowest BCUT2D eigenvalue weighted by molar-refractivity contribution is -0.157. The van der Waals surface area contributed by atoms with Gasteiger partial charge in [0.15, 0.2) is 0 Å². The van der Waals surface area contributed by atoms with Gasteiger partial charge in [0.05, 0.1) is 29.7 Å². The molecule has 5 N–H and O–H groups in total. The molecule has 0 radical (unpaired) electrons. The second kappa shape index (κ2) is 15.9. The van der Waals surface area contributed by atoms with Crippen LogP contribution >= 0.6 is 11.6 Å². The van der Waals surface area contributed by atoms with Gasteiger partial charge in [-0.1, -0.05) is 61.0 Å². The van der Waals surface area contributed by atoms with E-state index in [1.807, 2.05) is 37.3 Å². The predicted molar refractivity (Wildman–Crippen MR) is 172 cm³/mol. The highest BCUT2D eigenvalue weighted by molar-refractivity contribution is 6.32. The molecule has 2 aromatic carbocycles. The molecule has 1 saturated heterocycles. The van der Waals surface area contributed by atoms with Crippen molar-refractivity contribution in [3.63, 3.8) is 0 Å². The Kier molecular flexibility index (Phi) is 12.2. The molecule has 0 saturated carbocycles. The summed E-state index contributed by atoms with van der Waals surface area (Å²) < 4.78 is 17.2. The van der Waals surface area contributed by atoms with E-state index in [4.69, 9.17) is 25.8 Å². The number of carbonyl (C=O) groups excluding carboxylic acids is 3. The van der Waals surface area contributed by atoms with Crippen LogP contribution in [0.15, 0.2) is 60.7 Å². The second-order valence-electron chi connectivity index (χ2n) is 12.4. The van der Waals surface area contributed by atoms with Crippen LogP contribution in [0.1, 0.15) is 50.8 Å². The lowest BCUT2D eigenvalue weighted by Gasteiger charge is -2.30. The Morgan fingerprint density at radius 1 is 1.11 bits per heavy atom. The number of hydrogen-bond donors (Lipinski definition) is 5. The van der Waals surface area contributed by atoms with E-state index >= 15 is 0 Å². The Labute approximate surface area is 274 Å². The third kappa shape index (κ3) is 9.29. The Hall–Kier alpha value is -3.48. The number of methoxy groups -OCH3 is 1. The first-order chi connectivity index (χ1) is 21.9. The molecular weight excluding hydrogens is 614 g/mol. The summed E-state index contributed by atoms with van der Waals surface area (Å²) in [4.78, 5) is 40.2. The number of benzene rings is 2. The van der Waals surface area contributed by atoms with Crippen molar-refractivity contribution in [1.82, 2.24) is 16.0 Å². The van der Waals surface area contributed by atoms with Crippen molar-refractivity contribution in [1.29, 1.82) is 0 Å². The Morgan fingerprint density at radius 2 is 1.85 bits per heavy atom. The van der Waals surface area contributed by atoms with Crippen molar-refractivity contribution in [3.8, 4) is 5.75 Å². The van der Waals surface area contributed by atoms with Crippen LogP contribution < -0.4 is 20.7 Å². The minimum atomic E-state index is -1.23. The lowest BCUT2D eigenvalue weighted by Crippen LogP contribution is -2.54. The van der Waals surface area contributed by atoms with Crippen molar-refractivity contribution < 1.29 is 38.8 Å². The van der Waals surface area contributed by atoms with Crippen LogP contribution in [0, 0.1) is 11.3 Å². The van der Waals surface area contributed by atoms with Crippen LogP contribution in [0.4, 0.5) is 0 Å². The number of amides is 2. The van der Waals surface area contributed by atoms with Crippen LogP contribution in [0.25, 0.3) is 0 Å². The minimum Gasteiger partial charge on any atom is -0.495 e. The number of rotatable bonds is 8. The zero-order chi connectivity index (χ0) is 33.4. The summed E-state index contributed by atoms with van der Waals surface area (Å²) in [7, 11) is 1.51. The maximum absolute atomic E-state index is 13.4. The highest BCUT2D eigenvalue weighted by Crippen LogP contribution is 2.45. The molecule has 7 atom stereocenters. The van der Waals surface area contributed by atoms with E-state index in [2.05, 4.69) is 16.0 Å². The number of carbonyl (C=O) groups is 3. The standard InChI is InChI=1S/C34H44ClN3O8/c1-20(29-30(46-29)22-9-6-5-7-10-22)26-11-8-12-28(40)37-25(18-21-13-14-27(44-4)23(35)17-21)31(41)36-19-34(2,3)33(43)38-24(15-16-39)32(42)45-26/h5-10,12-14,17,20,24-26,28-30,37,39-40H,11,15-16,18-19H2,1-4H3,(H,36,41)(H,38,43)/b12-8+/t20-,24-,25+,26-,28?,29+,30+/m0/s1. The number of halogens is 1. The van der Waals surface area contributed by atoms with Gasteiger partial charge < -0.3 is 35.1 Å². The SMILES string of the molecule is COc1ccc(C[C@H]2NC(O)/C=C/C[C@@H]([C@H](C)[C@H]3O[C@@H]3c3ccccc3)OC(=O)[C@H](CCO)NC(=O)C(C)(C)CNC2=O)cc1Cl. The maximum Gasteiger partial charge on any atom is 0.329 e. The first-order valence-corrected chi connectivity index (χ1v) is 15.8. The smallest absolute Gasteiger partial charge is 0.329 e. The van der Waals surface area contributed by atoms with E-state index in [1.165, 1.54) is 13.2 Å². The van der Waals surface area contributed by atoms with Crippen LogP contribution in [0.3, 0.4) is 0 Å². The molecular formula is C34H44ClN3O8. The first kappa shape index (κ1) is 35.4. The molecule has 12 heteroatoms. The molecule has 250 valence electrons. The normalized spacial score (nSPS) is 28.7. The van der Waals surface area contributed by atoms with E-state index in [1.54, 1.807) is 38.1 Å². The van der Waals surface area contributed by atoms with Gasteiger partial charge in [0, 0.05) is 31.9 Å². The number of nitrogens with one attached hydrogen (secondary N) is 3. The van der Waals surface area contributed by atoms with Crippen LogP contribution in [-0.2, 0) is 30.3 Å². The summed E-state index contributed by atoms with van der Waals surface area (Å²) in [5.41, 5.74) is 0.611. The van der Waals surface area contributed by atoms with Gasteiger partial charge in [0.2, 0.25) is 11.8 Å². The number of hydrogen-bond acceptors (Lipinski definition) is 9. The zero-order valence-electron chi connectivity index (χ0n) is 26.6. The zero-order valence-corrected chi connectivity index (χ0v) is 27.3. The average Bonchev–Trinajstić information content (AvgIpc) is 3.83. The predicted octanol–water partition coefficient (Wildman–Crippen LogP) is 2.83. The van der Waals surface area contributed by atoms with Gasteiger partial charge in [-0.15, -0.1) is 0 Å². The number of aliphatic hydroxyl groups excluding tert-OH is 2. The third-order valence-electron chi connectivity index (χ3n) is 8.38. The van der Waals surface area contributed by atoms with Gasteiger partial charge >= 0.3 is 5.97 Å². The van der Waals surface area contributed by atoms with Crippen molar-refractivity contribution in [3.05, 3.63) is 76.8 Å². The summed E-state index contributed by atoms with van der Waals surface area (Å²) in [6, 6.07) is 12.9. The first-order valence-electron chi connectivity index (χ1n) is 15.5. The number of ether oxygens (including phenoxy) is 3. The van der Waals surface area contributed by atoms with Gasteiger partial charge in [0.25, 0.3) is 0 Å². The fourth-order valence-electron chi connectivity index (χ4n) is 5.39. The van der Waals surface area contributed by atoms with Crippen molar-refractivity contribution in [2.45, 2.75) is 76.7 Å². The molecule has 4 rings (SSSR count). The molecule has 0 bridgehead atoms. The summed E-state index contributed by atoms with van der Waals surface area (Å²) in [6.07, 6.45) is 1.28. The van der Waals surface area contributed by atoms with E-state index in [0.29, 0.717) is 10.8 Å².